The Morgan fingerprint density at radius 1 is 1.38 bits per heavy atom. The molecule has 0 aliphatic carbocycles. The van der Waals surface area contributed by atoms with E-state index < -0.39 is 10.1 Å². The Bertz CT molecular complexity index is 492. The van der Waals surface area contributed by atoms with Crippen molar-refractivity contribution in [2.24, 2.45) is 0 Å². The lowest BCUT2D eigenvalue weighted by Gasteiger charge is -2.17. The maximum Gasteiger partial charge on any atom is 0.294 e. The number of hydrogen-bond acceptors (Lipinski definition) is 3. The first-order chi connectivity index (χ1) is 7.29. The van der Waals surface area contributed by atoms with Crippen LogP contribution in [0.15, 0.2) is 17.0 Å². The fraction of sp³-hybridized carbons (Fsp3) is 0.455. The molecule has 0 heterocycles. The van der Waals surface area contributed by atoms with Crippen molar-refractivity contribution in [3.63, 3.8) is 0 Å². The van der Waals surface area contributed by atoms with Crippen molar-refractivity contribution in [3.05, 3.63) is 23.3 Å². The summed E-state index contributed by atoms with van der Waals surface area (Å²) in [4.78, 5) is -0.0344. The van der Waals surface area contributed by atoms with Crippen LogP contribution in [0.25, 0.3) is 0 Å². The van der Waals surface area contributed by atoms with E-state index in [1.807, 2.05) is 20.8 Å². The normalized spacial score (nSPS) is 12.1. The zero-order valence-electron chi connectivity index (χ0n) is 9.69. The molecule has 0 spiro atoms. The molecule has 0 amide bonds. The van der Waals surface area contributed by atoms with Gasteiger partial charge in [0.2, 0.25) is 0 Å². The van der Waals surface area contributed by atoms with Gasteiger partial charge >= 0.3 is 0 Å². The molecule has 0 aliphatic heterocycles. The lowest BCUT2D eigenvalue weighted by molar-refractivity contribution is 0.482. The molecule has 0 aliphatic rings. The topological polar surface area (TPSA) is 80.4 Å². The van der Waals surface area contributed by atoms with Crippen molar-refractivity contribution in [1.82, 2.24) is 0 Å². The van der Waals surface area contributed by atoms with Crippen LogP contribution in [0.1, 0.15) is 37.8 Å². The second kappa shape index (κ2) is 4.43. The highest BCUT2D eigenvalue weighted by molar-refractivity contribution is 7.85. The molecule has 0 radical (unpaired) electrons. The highest BCUT2D eigenvalue weighted by Crippen LogP contribution is 2.31. The van der Waals surface area contributed by atoms with Crippen molar-refractivity contribution in [2.45, 2.75) is 38.0 Å². The van der Waals surface area contributed by atoms with Crippen LogP contribution in [0.5, 0.6) is 0 Å². The predicted octanol–water partition coefficient (Wildman–Crippen LogP) is 2.20. The summed E-state index contributed by atoms with van der Waals surface area (Å²) in [6, 6.07) is 2.88. The van der Waals surface area contributed by atoms with Gasteiger partial charge in [0.1, 0.15) is 0 Å². The third-order valence-electron chi connectivity index (χ3n) is 2.56. The summed E-state index contributed by atoms with van der Waals surface area (Å²) >= 11 is 0. The van der Waals surface area contributed by atoms with Crippen molar-refractivity contribution in [3.8, 4) is 0 Å². The molecule has 5 heteroatoms. The smallest absolute Gasteiger partial charge is 0.294 e. The third kappa shape index (κ3) is 2.36. The minimum Gasteiger partial charge on any atom is -0.398 e. The Hall–Kier alpha value is -1.07. The predicted molar refractivity (Wildman–Crippen MR) is 64.1 cm³/mol. The Labute approximate surface area is 96.2 Å². The zero-order chi connectivity index (χ0) is 12.5. The zero-order valence-corrected chi connectivity index (χ0v) is 10.5. The van der Waals surface area contributed by atoms with E-state index >= 15 is 0 Å². The lowest BCUT2D eigenvalue weighted by atomic mass is 9.94. The second-order valence-corrected chi connectivity index (χ2v) is 5.42. The van der Waals surface area contributed by atoms with Gasteiger partial charge in [-0.3, -0.25) is 4.55 Å². The molecule has 1 rings (SSSR count). The molecule has 0 atom stereocenters. The first-order valence-corrected chi connectivity index (χ1v) is 6.61. The first-order valence-electron chi connectivity index (χ1n) is 5.17. The number of benzene rings is 1. The van der Waals surface area contributed by atoms with Gasteiger partial charge in [0, 0.05) is 5.69 Å². The molecule has 16 heavy (non-hydrogen) atoms. The van der Waals surface area contributed by atoms with E-state index in [1.54, 1.807) is 0 Å². The maximum absolute atomic E-state index is 11.2. The molecule has 1 aromatic carbocycles. The average molecular weight is 243 g/mol. The molecule has 0 saturated heterocycles. The van der Waals surface area contributed by atoms with Crippen molar-refractivity contribution < 1.29 is 13.0 Å². The summed E-state index contributed by atoms with van der Waals surface area (Å²) < 4.78 is 31.6. The summed E-state index contributed by atoms with van der Waals surface area (Å²) in [5, 5.41) is 0. The van der Waals surface area contributed by atoms with Crippen LogP contribution >= 0.6 is 0 Å². The van der Waals surface area contributed by atoms with Gasteiger partial charge in [0.25, 0.3) is 10.1 Å². The molecule has 0 aromatic heterocycles. The van der Waals surface area contributed by atoms with E-state index in [-0.39, 0.29) is 10.8 Å². The van der Waals surface area contributed by atoms with Crippen LogP contribution in [0.3, 0.4) is 0 Å². The molecule has 1 aromatic rings. The molecular formula is C11H17NO3S. The van der Waals surface area contributed by atoms with Crippen molar-refractivity contribution >= 4 is 15.8 Å². The first kappa shape index (κ1) is 13.0. The molecule has 0 fully saturated rings. The standard InChI is InChI=1S/C11H17NO3S/c1-4-8-10(16(13,14)15)6-5-9(12)11(8)7(2)3/h5-7H,4,12H2,1-3H3,(H,13,14,15). The van der Waals surface area contributed by atoms with Gasteiger partial charge in [-0.2, -0.15) is 8.42 Å². The van der Waals surface area contributed by atoms with Crippen LogP contribution in [0.4, 0.5) is 5.69 Å². The second-order valence-electron chi connectivity index (χ2n) is 4.03. The number of rotatable bonds is 3. The van der Waals surface area contributed by atoms with Gasteiger partial charge in [-0.1, -0.05) is 20.8 Å². The van der Waals surface area contributed by atoms with Crippen molar-refractivity contribution in [2.75, 3.05) is 5.73 Å². The van der Waals surface area contributed by atoms with E-state index in [2.05, 4.69) is 0 Å². The van der Waals surface area contributed by atoms with E-state index in [9.17, 15) is 8.42 Å². The Morgan fingerprint density at radius 2 is 1.94 bits per heavy atom. The number of hydrogen-bond donors (Lipinski definition) is 2. The SMILES string of the molecule is CCc1c(S(=O)(=O)O)ccc(N)c1C(C)C. The largest absolute Gasteiger partial charge is 0.398 e. The Morgan fingerprint density at radius 3 is 2.31 bits per heavy atom. The van der Waals surface area contributed by atoms with Crippen LogP contribution in [0.2, 0.25) is 0 Å². The number of anilines is 1. The molecule has 3 N–H and O–H groups in total. The highest BCUT2D eigenvalue weighted by Gasteiger charge is 2.20. The van der Waals surface area contributed by atoms with E-state index in [0.29, 0.717) is 17.7 Å². The number of nitrogen functional groups attached to an aromatic ring is 1. The van der Waals surface area contributed by atoms with Gasteiger partial charge in [0.05, 0.1) is 4.90 Å². The van der Waals surface area contributed by atoms with Crippen LogP contribution in [-0.4, -0.2) is 13.0 Å². The van der Waals surface area contributed by atoms with Gasteiger partial charge < -0.3 is 5.73 Å². The molecule has 0 unspecified atom stereocenters. The summed E-state index contributed by atoms with van der Waals surface area (Å²) in [6.45, 7) is 5.73. The average Bonchev–Trinajstić information content (AvgIpc) is 2.14. The van der Waals surface area contributed by atoms with E-state index in [1.165, 1.54) is 12.1 Å². The van der Waals surface area contributed by atoms with Crippen LogP contribution < -0.4 is 5.73 Å². The van der Waals surface area contributed by atoms with Gasteiger partial charge in [0.15, 0.2) is 0 Å². The molecule has 90 valence electrons. The van der Waals surface area contributed by atoms with Gasteiger partial charge in [-0.25, -0.2) is 0 Å². The third-order valence-corrected chi connectivity index (χ3v) is 3.49. The minimum atomic E-state index is -4.17. The summed E-state index contributed by atoms with van der Waals surface area (Å²) in [5.74, 6) is 0.122. The highest BCUT2D eigenvalue weighted by atomic mass is 32.2. The van der Waals surface area contributed by atoms with Crippen LogP contribution in [0, 0.1) is 0 Å². The van der Waals surface area contributed by atoms with Gasteiger partial charge in [-0.15, -0.1) is 0 Å². The Kier molecular flexibility index (Phi) is 3.60. The van der Waals surface area contributed by atoms with Crippen molar-refractivity contribution in [1.29, 1.82) is 0 Å². The van der Waals surface area contributed by atoms with E-state index in [0.717, 1.165) is 5.56 Å². The quantitative estimate of drug-likeness (QED) is 0.630. The maximum atomic E-state index is 11.2. The molecular weight excluding hydrogens is 226 g/mol. The summed E-state index contributed by atoms with van der Waals surface area (Å²) in [6.07, 6.45) is 0.522. The van der Waals surface area contributed by atoms with Crippen LogP contribution in [-0.2, 0) is 16.5 Å². The van der Waals surface area contributed by atoms with E-state index in [4.69, 9.17) is 10.3 Å². The molecule has 0 bridgehead atoms. The summed E-state index contributed by atoms with van der Waals surface area (Å²) in [5.41, 5.74) is 7.81. The number of nitrogens with two attached hydrogens (primary N) is 1. The molecule has 4 nitrogen and oxygen atoms in total. The lowest BCUT2D eigenvalue weighted by Crippen LogP contribution is -2.09. The monoisotopic (exact) mass is 243 g/mol. The molecule has 0 saturated carbocycles. The fourth-order valence-corrected chi connectivity index (χ4v) is 2.76. The minimum absolute atomic E-state index is 0.0344. The Balaban J connectivity index is 3.62. The fourth-order valence-electron chi connectivity index (χ4n) is 1.95. The van der Waals surface area contributed by atoms with Gasteiger partial charge in [-0.05, 0) is 35.6 Å². The summed E-state index contributed by atoms with van der Waals surface area (Å²) in [7, 11) is -4.17.